The van der Waals surface area contributed by atoms with Crippen LogP contribution in [0, 0.1) is 10.1 Å². The second-order valence-corrected chi connectivity index (χ2v) is 7.59. The number of ether oxygens (including phenoxy) is 1. The van der Waals surface area contributed by atoms with Crippen LogP contribution in [0.5, 0.6) is 0 Å². The van der Waals surface area contributed by atoms with Crippen molar-refractivity contribution >= 4 is 31.6 Å². The van der Waals surface area contributed by atoms with Gasteiger partial charge in [0.1, 0.15) is 0 Å². The molecule has 1 aliphatic rings. The maximum Gasteiger partial charge on any atom is 0.289 e. The Hall–Kier alpha value is -1.03. The highest BCUT2D eigenvalue weighted by molar-refractivity contribution is 9.10. The molecule has 7 nitrogen and oxygen atoms in total. The molecule has 1 aromatic rings. The Morgan fingerprint density at radius 2 is 2.19 bits per heavy atom. The van der Waals surface area contributed by atoms with Crippen LogP contribution in [0.15, 0.2) is 27.6 Å². The van der Waals surface area contributed by atoms with E-state index in [2.05, 4.69) is 15.9 Å². The van der Waals surface area contributed by atoms with Crippen molar-refractivity contribution in [3.05, 3.63) is 32.8 Å². The van der Waals surface area contributed by atoms with Gasteiger partial charge in [0.15, 0.2) is 4.90 Å². The lowest BCUT2D eigenvalue weighted by Gasteiger charge is -2.21. The first-order chi connectivity index (χ1) is 9.82. The zero-order valence-corrected chi connectivity index (χ0v) is 13.8. The molecule has 1 heterocycles. The average molecular weight is 379 g/mol. The molecule has 0 aliphatic carbocycles. The van der Waals surface area contributed by atoms with Crippen LogP contribution >= 0.6 is 15.9 Å². The van der Waals surface area contributed by atoms with Crippen molar-refractivity contribution in [3.63, 3.8) is 0 Å². The van der Waals surface area contributed by atoms with Gasteiger partial charge in [0, 0.05) is 30.2 Å². The maximum atomic E-state index is 12.7. The normalized spacial score (nSPS) is 21.0. The monoisotopic (exact) mass is 378 g/mol. The summed E-state index contributed by atoms with van der Waals surface area (Å²) in [5.74, 6) is 0. The van der Waals surface area contributed by atoms with E-state index in [1.54, 1.807) is 6.92 Å². The van der Waals surface area contributed by atoms with Gasteiger partial charge in [-0.15, -0.1) is 0 Å². The van der Waals surface area contributed by atoms with Gasteiger partial charge < -0.3 is 4.74 Å². The first kappa shape index (κ1) is 16.3. The summed E-state index contributed by atoms with van der Waals surface area (Å²) < 4.78 is 32.6. The van der Waals surface area contributed by atoms with Gasteiger partial charge in [-0.1, -0.05) is 15.9 Å². The number of halogens is 1. The maximum absolute atomic E-state index is 12.7. The summed E-state index contributed by atoms with van der Waals surface area (Å²) in [6.45, 7) is 2.74. The van der Waals surface area contributed by atoms with Gasteiger partial charge in [0.2, 0.25) is 10.0 Å². The molecule has 0 aromatic heterocycles. The Morgan fingerprint density at radius 1 is 1.48 bits per heavy atom. The van der Waals surface area contributed by atoms with E-state index >= 15 is 0 Å². The Bertz CT molecular complexity index is 649. The number of nitro groups is 1. The predicted octanol–water partition coefficient (Wildman–Crippen LogP) is 2.16. The highest BCUT2D eigenvalue weighted by Crippen LogP contribution is 2.30. The van der Waals surface area contributed by atoms with Gasteiger partial charge in [-0.05, 0) is 25.5 Å². The number of sulfonamides is 1. The number of rotatable bonds is 3. The van der Waals surface area contributed by atoms with Gasteiger partial charge in [-0.25, -0.2) is 8.42 Å². The Balaban J connectivity index is 2.48. The quantitative estimate of drug-likeness (QED) is 0.593. The lowest BCUT2D eigenvalue weighted by molar-refractivity contribution is -0.387. The molecule has 21 heavy (non-hydrogen) atoms. The van der Waals surface area contributed by atoms with Crippen LogP contribution in [0.25, 0.3) is 0 Å². The minimum Gasteiger partial charge on any atom is -0.377 e. The van der Waals surface area contributed by atoms with Crippen molar-refractivity contribution in [2.45, 2.75) is 24.3 Å². The lowest BCUT2D eigenvalue weighted by Crippen LogP contribution is -2.36. The summed E-state index contributed by atoms with van der Waals surface area (Å²) in [6, 6.07) is 3.91. The predicted molar refractivity (Wildman–Crippen MR) is 79.6 cm³/mol. The van der Waals surface area contributed by atoms with Gasteiger partial charge in [0.25, 0.3) is 5.69 Å². The van der Waals surface area contributed by atoms with E-state index in [0.717, 1.165) is 0 Å². The molecule has 116 valence electrons. The van der Waals surface area contributed by atoms with E-state index in [1.807, 2.05) is 0 Å². The first-order valence-corrected chi connectivity index (χ1v) is 8.61. The molecule has 0 amide bonds. The van der Waals surface area contributed by atoms with Crippen molar-refractivity contribution in [2.24, 2.45) is 0 Å². The van der Waals surface area contributed by atoms with E-state index in [1.165, 1.54) is 22.5 Å². The summed E-state index contributed by atoms with van der Waals surface area (Å²) in [6.07, 6.45) is 0.319. The first-order valence-electron chi connectivity index (χ1n) is 6.38. The van der Waals surface area contributed by atoms with Gasteiger partial charge in [-0.3, -0.25) is 10.1 Å². The molecule has 1 unspecified atom stereocenters. The molecule has 0 spiro atoms. The zero-order chi connectivity index (χ0) is 15.6. The fraction of sp³-hybridized carbons (Fsp3) is 0.500. The smallest absolute Gasteiger partial charge is 0.289 e. The topological polar surface area (TPSA) is 89.8 Å². The summed E-state index contributed by atoms with van der Waals surface area (Å²) in [5.41, 5.74) is -0.420. The van der Waals surface area contributed by atoms with Crippen LogP contribution in [-0.4, -0.2) is 43.4 Å². The van der Waals surface area contributed by atoms with Crippen LogP contribution < -0.4 is 0 Å². The summed E-state index contributed by atoms with van der Waals surface area (Å²) in [7, 11) is -3.93. The lowest BCUT2D eigenvalue weighted by atomic mass is 10.3. The van der Waals surface area contributed by atoms with E-state index in [0.29, 0.717) is 17.5 Å². The molecule has 0 bridgehead atoms. The van der Waals surface area contributed by atoms with Gasteiger partial charge >= 0.3 is 0 Å². The summed E-state index contributed by atoms with van der Waals surface area (Å²) >= 11 is 3.16. The summed E-state index contributed by atoms with van der Waals surface area (Å²) in [5, 5.41) is 11.1. The molecule has 1 saturated heterocycles. The van der Waals surface area contributed by atoms with Crippen molar-refractivity contribution in [1.82, 2.24) is 4.31 Å². The number of nitro benzene ring substituents is 1. The van der Waals surface area contributed by atoms with E-state index in [-0.39, 0.29) is 24.1 Å². The molecule has 2 rings (SSSR count). The average Bonchev–Trinajstić information content (AvgIpc) is 2.63. The molecule has 1 aliphatic heterocycles. The Labute approximate surface area is 131 Å². The summed E-state index contributed by atoms with van der Waals surface area (Å²) in [4.78, 5) is 10.1. The third kappa shape index (κ3) is 3.60. The fourth-order valence-corrected chi connectivity index (χ4v) is 4.41. The molecule has 1 aromatic carbocycles. The Morgan fingerprint density at radius 3 is 2.86 bits per heavy atom. The van der Waals surface area contributed by atoms with Gasteiger partial charge in [0.05, 0.1) is 11.0 Å². The minimum absolute atomic E-state index is 0.187. The SMILES string of the molecule is CC1CN(S(=O)(=O)c2cc(Br)ccc2[N+](=O)[O-])CCCO1. The largest absolute Gasteiger partial charge is 0.377 e. The fourth-order valence-electron chi connectivity index (χ4n) is 2.16. The third-order valence-corrected chi connectivity index (χ3v) is 5.54. The van der Waals surface area contributed by atoms with Crippen molar-refractivity contribution < 1.29 is 18.1 Å². The van der Waals surface area contributed by atoms with Crippen LogP contribution in [0.3, 0.4) is 0 Å². The highest BCUT2D eigenvalue weighted by atomic mass is 79.9. The molecular formula is C12H15BrN2O5S. The Kier molecular flexibility index (Phi) is 4.97. The van der Waals surface area contributed by atoms with Crippen molar-refractivity contribution in [3.8, 4) is 0 Å². The zero-order valence-electron chi connectivity index (χ0n) is 11.4. The second-order valence-electron chi connectivity index (χ2n) is 4.77. The molecule has 0 radical (unpaired) electrons. The standard InChI is InChI=1S/C12H15BrN2O5S/c1-9-8-14(5-2-6-20-9)21(18,19)12-7-10(13)3-4-11(12)15(16)17/h3-4,7,9H,2,5-6,8H2,1H3. The van der Waals surface area contributed by atoms with Crippen molar-refractivity contribution in [1.29, 1.82) is 0 Å². The van der Waals surface area contributed by atoms with E-state index in [9.17, 15) is 18.5 Å². The number of nitrogens with zero attached hydrogens (tertiary/aromatic N) is 2. The number of hydrogen-bond donors (Lipinski definition) is 0. The van der Waals surface area contributed by atoms with Crippen molar-refractivity contribution in [2.75, 3.05) is 19.7 Å². The van der Waals surface area contributed by atoms with Gasteiger partial charge in [-0.2, -0.15) is 4.31 Å². The minimum atomic E-state index is -3.93. The molecule has 0 N–H and O–H groups in total. The number of benzene rings is 1. The molecule has 1 atom stereocenters. The van der Waals surface area contributed by atoms with Crippen LogP contribution in [0.1, 0.15) is 13.3 Å². The third-order valence-electron chi connectivity index (χ3n) is 3.15. The van der Waals surface area contributed by atoms with E-state index in [4.69, 9.17) is 4.74 Å². The second kappa shape index (κ2) is 6.39. The van der Waals surface area contributed by atoms with Crippen LogP contribution in [-0.2, 0) is 14.8 Å². The highest BCUT2D eigenvalue weighted by Gasteiger charge is 2.33. The van der Waals surface area contributed by atoms with E-state index < -0.39 is 20.6 Å². The number of hydrogen-bond acceptors (Lipinski definition) is 5. The van der Waals surface area contributed by atoms with Crippen LogP contribution in [0.4, 0.5) is 5.69 Å². The molecular weight excluding hydrogens is 364 g/mol. The molecule has 0 saturated carbocycles. The molecule has 9 heteroatoms. The van der Waals surface area contributed by atoms with Crippen LogP contribution in [0.2, 0.25) is 0 Å². The molecule has 1 fully saturated rings.